The summed E-state index contributed by atoms with van der Waals surface area (Å²) in [5.41, 5.74) is 5.51. The minimum absolute atomic E-state index is 0.234. The normalized spacial score (nSPS) is 14.6. The Balaban J connectivity index is 2.10. The third kappa shape index (κ3) is 2.37. The van der Waals surface area contributed by atoms with Crippen molar-refractivity contribution in [3.63, 3.8) is 0 Å². The van der Waals surface area contributed by atoms with Crippen LogP contribution in [0.4, 0.5) is 17.1 Å². The van der Waals surface area contributed by atoms with E-state index in [9.17, 15) is 10.0 Å². The van der Waals surface area contributed by atoms with Crippen molar-refractivity contribution in [1.82, 2.24) is 0 Å². The van der Waals surface area contributed by atoms with Crippen LogP contribution in [0, 0.1) is 0 Å². The van der Waals surface area contributed by atoms with Crippen molar-refractivity contribution in [2.75, 3.05) is 4.90 Å². The molecule has 0 saturated heterocycles. The van der Waals surface area contributed by atoms with Crippen LogP contribution in [0.5, 0.6) is 0 Å². The Labute approximate surface area is 148 Å². The first kappa shape index (κ1) is 15.9. The first-order valence-electron chi connectivity index (χ1n) is 8.46. The largest absolute Gasteiger partial charge is 0.490 e. The predicted molar refractivity (Wildman–Crippen MR) is 103 cm³/mol. The van der Waals surface area contributed by atoms with Crippen molar-refractivity contribution >= 4 is 29.6 Å². The van der Waals surface area contributed by atoms with Gasteiger partial charge in [-0.05, 0) is 29.3 Å². The lowest BCUT2D eigenvalue weighted by atomic mass is 9.68. The minimum atomic E-state index is -1.53. The lowest BCUT2D eigenvalue weighted by Gasteiger charge is -2.43. The average Bonchev–Trinajstić information content (AvgIpc) is 2.62. The molecule has 0 unspecified atom stereocenters. The summed E-state index contributed by atoms with van der Waals surface area (Å²) in [5, 5.41) is 20.0. The molecule has 2 N–H and O–H groups in total. The molecule has 124 valence electrons. The van der Waals surface area contributed by atoms with Crippen molar-refractivity contribution in [2.45, 2.75) is 19.3 Å². The highest BCUT2D eigenvalue weighted by molar-refractivity contribution is 6.61. The topological polar surface area (TPSA) is 43.7 Å². The van der Waals surface area contributed by atoms with Gasteiger partial charge in [-0.15, -0.1) is 0 Å². The van der Waals surface area contributed by atoms with E-state index in [0.717, 1.165) is 22.6 Å². The fourth-order valence-corrected chi connectivity index (χ4v) is 3.83. The Morgan fingerprint density at radius 3 is 2.12 bits per heavy atom. The molecule has 0 aliphatic carbocycles. The highest BCUT2D eigenvalue weighted by atomic mass is 16.4. The van der Waals surface area contributed by atoms with Gasteiger partial charge in [0.1, 0.15) is 0 Å². The number of hydrogen-bond donors (Lipinski definition) is 2. The Morgan fingerprint density at radius 1 is 0.760 bits per heavy atom. The standard InChI is InChI=1S/C21H20BNO2/c1-21(2)16-11-6-7-14-19(16)23(15-9-4-3-5-10-15)20-17(21)12-8-13-18(20)22(24)25/h3-14,24-25H,1-2H3. The fraction of sp³-hybridized carbons (Fsp3) is 0.143. The third-order valence-electron chi connectivity index (χ3n) is 5.08. The smallest absolute Gasteiger partial charge is 0.423 e. The van der Waals surface area contributed by atoms with E-state index in [4.69, 9.17) is 0 Å². The molecule has 3 aromatic carbocycles. The maximum Gasteiger partial charge on any atom is 0.490 e. The molecule has 4 heteroatoms. The van der Waals surface area contributed by atoms with E-state index >= 15 is 0 Å². The summed E-state index contributed by atoms with van der Waals surface area (Å²) in [6, 6.07) is 24.1. The molecule has 0 saturated carbocycles. The Morgan fingerprint density at radius 2 is 1.40 bits per heavy atom. The highest BCUT2D eigenvalue weighted by Gasteiger charge is 2.39. The van der Waals surface area contributed by atoms with Crippen molar-refractivity contribution in [3.05, 3.63) is 83.9 Å². The van der Waals surface area contributed by atoms with E-state index in [1.54, 1.807) is 6.07 Å². The van der Waals surface area contributed by atoms with Gasteiger partial charge in [-0.1, -0.05) is 68.4 Å². The molecule has 0 atom stereocenters. The van der Waals surface area contributed by atoms with Crippen molar-refractivity contribution in [2.24, 2.45) is 0 Å². The number of rotatable bonds is 2. The van der Waals surface area contributed by atoms with E-state index in [1.165, 1.54) is 5.56 Å². The Bertz CT molecular complexity index is 922. The van der Waals surface area contributed by atoms with E-state index in [-0.39, 0.29) is 5.41 Å². The molecule has 3 aromatic rings. The fourth-order valence-electron chi connectivity index (χ4n) is 3.83. The van der Waals surface area contributed by atoms with Crippen LogP contribution >= 0.6 is 0 Å². The van der Waals surface area contributed by atoms with Crippen LogP contribution in [0.2, 0.25) is 0 Å². The van der Waals surface area contributed by atoms with E-state index in [0.29, 0.717) is 5.46 Å². The summed E-state index contributed by atoms with van der Waals surface area (Å²) < 4.78 is 0. The number of benzene rings is 3. The van der Waals surface area contributed by atoms with Gasteiger partial charge in [0.25, 0.3) is 0 Å². The molecule has 1 aliphatic rings. The second kappa shape index (κ2) is 5.76. The van der Waals surface area contributed by atoms with Crippen LogP contribution in [0.25, 0.3) is 0 Å². The van der Waals surface area contributed by atoms with Gasteiger partial charge in [0.05, 0.1) is 11.4 Å². The van der Waals surface area contributed by atoms with Crippen LogP contribution in [0.1, 0.15) is 25.0 Å². The zero-order valence-corrected chi connectivity index (χ0v) is 14.3. The number of fused-ring (bicyclic) bond motifs is 2. The van der Waals surface area contributed by atoms with Gasteiger partial charge in [-0.2, -0.15) is 0 Å². The molecule has 1 aliphatic heterocycles. The van der Waals surface area contributed by atoms with Crippen molar-refractivity contribution < 1.29 is 10.0 Å². The van der Waals surface area contributed by atoms with Gasteiger partial charge >= 0.3 is 7.12 Å². The SMILES string of the molecule is CC1(C)c2ccccc2N(c2ccccc2)c2c(B(O)O)cccc21. The Kier molecular flexibility index (Phi) is 3.67. The number of anilines is 3. The van der Waals surface area contributed by atoms with E-state index in [1.807, 2.05) is 42.5 Å². The lowest BCUT2D eigenvalue weighted by Crippen LogP contribution is -2.40. The van der Waals surface area contributed by atoms with Crippen LogP contribution in [-0.2, 0) is 5.41 Å². The molecule has 0 spiro atoms. The van der Waals surface area contributed by atoms with E-state index in [2.05, 4.69) is 43.0 Å². The van der Waals surface area contributed by atoms with E-state index < -0.39 is 7.12 Å². The summed E-state index contributed by atoms with van der Waals surface area (Å²) >= 11 is 0. The first-order valence-corrected chi connectivity index (χ1v) is 8.46. The zero-order chi connectivity index (χ0) is 17.6. The van der Waals surface area contributed by atoms with Gasteiger partial charge in [-0.25, -0.2) is 0 Å². The molecule has 0 aromatic heterocycles. The summed E-state index contributed by atoms with van der Waals surface area (Å²) in [6.45, 7) is 4.36. The van der Waals surface area contributed by atoms with Crippen LogP contribution in [0.15, 0.2) is 72.8 Å². The van der Waals surface area contributed by atoms with Crippen LogP contribution in [0.3, 0.4) is 0 Å². The van der Waals surface area contributed by atoms with Crippen molar-refractivity contribution in [1.29, 1.82) is 0 Å². The molecule has 1 heterocycles. The minimum Gasteiger partial charge on any atom is -0.423 e. The third-order valence-corrected chi connectivity index (χ3v) is 5.08. The second-order valence-electron chi connectivity index (χ2n) is 6.93. The maximum atomic E-state index is 9.99. The maximum absolute atomic E-state index is 9.99. The molecule has 4 rings (SSSR count). The average molecular weight is 329 g/mol. The lowest BCUT2D eigenvalue weighted by molar-refractivity contribution is 0.425. The molecular formula is C21H20BNO2. The summed E-state index contributed by atoms with van der Waals surface area (Å²) in [6.07, 6.45) is 0. The molecule has 3 nitrogen and oxygen atoms in total. The molecule has 25 heavy (non-hydrogen) atoms. The molecular weight excluding hydrogens is 309 g/mol. The van der Waals surface area contributed by atoms with Gasteiger partial charge in [0.15, 0.2) is 0 Å². The van der Waals surface area contributed by atoms with Gasteiger partial charge < -0.3 is 14.9 Å². The molecule has 0 bridgehead atoms. The van der Waals surface area contributed by atoms with Crippen LogP contribution in [-0.4, -0.2) is 17.2 Å². The summed E-state index contributed by atoms with van der Waals surface area (Å²) in [4.78, 5) is 2.13. The van der Waals surface area contributed by atoms with Crippen molar-refractivity contribution in [3.8, 4) is 0 Å². The molecule has 0 fully saturated rings. The monoisotopic (exact) mass is 329 g/mol. The summed E-state index contributed by atoms with van der Waals surface area (Å²) in [5.74, 6) is 0. The van der Waals surface area contributed by atoms with Crippen LogP contribution < -0.4 is 10.4 Å². The quantitative estimate of drug-likeness (QED) is 0.708. The Hall–Kier alpha value is -2.56. The predicted octanol–water partition coefficient (Wildman–Crippen LogP) is 3.48. The van der Waals surface area contributed by atoms with Gasteiger partial charge in [0, 0.05) is 16.6 Å². The number of hydrogen-bond acceptors (Lipinski definition) is 3. The number of nitrogens with zero attached hydrogens (tertiary/aromatic N) is 1. The highest BCUT2D eigenvalue weighted by Crippen LogP contribution is 2.50. The second-order valence-corrected chi connectivity index (χ2v) is 6.93. The summed E-state index contributed by atoms with van der Waals surface area (Å²) in [7, 11) is -1.53. The molecule has 0 radical (unpaired) electrons. The number of para-hydroxylation sites is 3. The molecule has 0 amide bonds. The van der Waals surface area contributed by atoms with Gasteiger partial charge in [-0.3, -0.25) is 0 Å². The first-order chi connectivity index (χ1) is 12.0. The zero-order valence-electron chi connectivity index (χ0n) is 14.3. The van der Waals surface area contributed by atoms with Gasteiger partial charge in [0.2, 0.25) is 0 Å².